The Labute approximate surface area is 118 Å². The summed E-state index contributed by atoms with van der Waals surface area (Å²) in [5, 5.41) is 2.00. The fraction of sp³-hybridized carbons (Fsp3) is 0.0714. The second-order valence-electron chi connectivity index (χ2n) is 4.25. The van der Waals surface area contributed by atoms with Crippen LogP contribution in [0.4, 0.5) is 0 Å². The molecule has 2 aromatic heterocycles. The van der Waals surface area contributed by atoms with Gasteiger partial charge in [0.05, 0.1) is 18.1 Å². The smallest absolute Gasteiger partial charge is 0.340 e. The zero-order chi connectivity index (χ0) is 14.3. The third-order valence-corrected chi connectivity index (χ3v) is 3.33. The van der Waals surface area contributed by atoms with Gasteiger partial charge >= 0.3 is 5.97 Å². The Kier molecular flexibility index (Phi) is 2.91. The van der Waals surface area contributed by atoms with Crippen LogP contribution in [0.1, 0.15) is 10.4 Å². The minimum Gasteiger partial charge on any atom is -0.465 e. The van der Waals surface area contributed by atoms with Crippen molar-refractivity contribution in [1.29, 1.82) is 0 Å². The molecule has 0 saturated carbocycles. The number of carbonyl (C=O) groups is 1. The molecular formula is C14H9ClN2O3. The molecule has 1 N–H and O–H groups in total. The lowest BCUT2D eigenvalue weighted by Crippen LogP contribution is -2.11. The molecule has 0 bridgehead atoms. The maximum atomic E-state index is 12.1. The molecular weight excluding hydrogens is 280 g/mol. The largest absolute Gasteiger partial charge is 0.465 e. The quantitative estimate of drug-likeness (QED) is 0.552. The first-order valence-corrected chi connectivity index (χ1v) is 6.17. The van der Waals surface area contributed by atoms with Crippen molar-refractivity contribution in [2.75, 3.05) is 7.11 Å². The molecule has 0 aliphatic heterocycles. The van der Waals surface area contributed by atoms with Crippen LogP contribution in [-0.4, -0.2) is 23.0 Å². The topological polar surface area (TPSA) is 72.0 Å². The molecule has 3 rings (SSSR count). The summed E-state index contributed by atoms with van der Waals surface area (Å²) < 4.78 is 4.74. The number of esters is 1. The number of methoxy groups -OCH3 is 1. The summed E-state index contributed by atoms with van der Waals surface area (Å²) in [7, 11) is 1.28. The second-order valence-corrected chi connectivity index (χ2v) is 4.68. The number of rotatable bonds is 1. The van der Waals surface area contributed by atoms with Crippen LogP contribution in [0, 0.1) is 0 Å². The molecule has 0 aliphatic rings. The number of hydrogen-bond donors (Lipinski definition) is 1. The number of carbonyl (C=O) groups excluding carboxylic acids is 1. The molecule has 6 heteroatoms. The molecule has 0 atom stereocenters. The molecule has 5 nitrogen and oxygen atoms in total. The Bertz CT molecular complexity index is 902. The van der Waals surface area contributed by atoms with Gasteiger partial charge in [0, 0.05) is 33.7 Å². The van der Waals surface area contributed by atoms with Crippen LogP contribution in [0.25, 0.3) is 21.7 Å². The van der Waals surface area contributed by atoms with Gasteiger partial charge in [-0.3, -0.25) is 9.78 Å². The van der Waals surface area contributed by atoms with Crippen molar-refractivity contribution in [3.05, 3.63) is 51.5 Å². The van der Waals surface area contributed by atoms with E-state index in [-0.39, 0.29) is 11.1 Å². The summed E-state index contributed by atoms with van der Waals surface area (Å²) in [4.78, 5) is 30.6. The van der Waals surface area contributed by atoms with Gasteiger partial charge < -0.3 is 9.72 Å². The maximum Gasteiger partial charge on any atom is 0.340 e. The lowest BCUT2D eigenvalue weighted by atomic mass is 10.0. The Hall–Kier alpha value is -2.40. The normalized spacial score (nSPS) is 10.9. The van der Waals surface area contributed by atoms with Crippen LogP contribution in [0.15, 0.2) is 35.4 Å². The van der Waals surface area contributed by atoms with Gasteiger partial charge in [0.25, 0.3) is 5.56 Å². The van der Waals surface area contributed by atoms with Crippen LogP contribution < -0.4 is 5.56 Å². The van der Waals surface area contributed by atoms with Crippen molar-refractivity contribution < 1.29 is 9.53 Å². The van der Waals surface area contributed by atoms with Gasteiger partial charge in [0.1, 0.15) is 0 Å². The number of H-pyrrole nitrogens is 1. The van der Waals surface area contributed by atoms with Crippen molar-refractivity contribution >= 4 is 39.2 Å². The Balaban J connectivity index is 2.60. The number of halogens is 1. The van der Waals surface area contributed by atoms with E-state index in [1.807, 2.05) is 0 Å². The molecule has 1 aromatic carbocycles. The first-order valence-electron chi connectivity index (χ1n) is 5.79. The number of aromatic nitrogens is 2. The molecule has 0 unspecified atom stereocenters. The molecule has 100 valence electrons. The fourth-order valence-corrected chi connectivity index (χ4v) is 2.38. The number of benzene rings is 1. The molecule has 20 heavy (non-hydrogen) atoms. The van der Waals surface area contributed by atoms with Gasteiger partial charge in [-0.2, -0.15) is 0 Å². The molecule has 0 fully saturated rings. The van der Waals surface area contributed by atoms with Crippen molar-refractivity contribution in [2.45, 2.75) is 0 Å². The van der Waals surface area contributed by atoms with E-state index < -0.39 is 5.97 Å². The van der Waals surface area contributed by atoms with Crippen molar-refractivity contribution in [3.8, 4) is 0 Å². The lowest BCUT2D eigenvalue weighted by molar-refractivity contribution is 0.0602. The summed E-state index contributed by atoms with van der Waals surface area (Å²) in [5.41, 5.74) is 0.527. The highest BCUT2D eigenvalue weighted by molar-refractivity contribution is 6.32. The SMILES string of the molecule is COC(=O)c1cncc2c(=O)[nH]c3ccc(Cl)cc3c12. The predicted octanol–water partition coefficient (Wildman–Crippen LogP) is 2.52. The third kappa shape index (κ3) is 1.83. The number of fused-ring (bicyclic) bond motifs is 3. The van der Waals surface area contributed by atoms with Gasteiger partial charge in [0.15, 0.2) is 0 Å². The van der Waals surface area contributed by atoms with Gasteiger partial charge in [-0.1, -0.05) is 11.6 Å². The van der Waals surface area contributed by atoms with Gasteiger partial charge in [-0.15, -0.1) is 0 Å². The second kappa shape index (κ2) is 4.61. The summed E-state index contributed by atoms with van der Waals surface area (Å²) in [5.74, 6) is -0.546. The van der Waals surface area contributed by atoms with E-state index in [4.69, 9.17) is 16.3 Å². The number of aromatic amines is 1. The summed E-state index contributed by atoms with van der Waals surface area (Å²) in [6.45, 7) is 0. The Morgan fingerprint density at radius 3 is 2.85 bits per heavy atom. The Morgan fingerprint density at radius 2 is 2.10 bits per heavy atom. The number of pyridine rings is 2. The molecule has 2 heterocycles. The van der Waals surface area contributed by atoms with E-state index >= 15 is 0 Å². The van der Waals surface area contributed by atoms with E-state index in [0.29, 0.717) is 26.7 Å². The average molecular weight is 289 g/mol. The molecule has 0 saturated heterocycles. The average Bonchev–Trinajstić information content (AvgIpc) is 2.47. The highest BCUT2D eigenvalue weighted by atomic mass is 35.5. The number of hydrogen-bond acceptors (Lipinski definition) is 4. The highest BCUT2D eigenvalue weighted by Gasteiger charge is 2.16. The van der Waals surface area contributed by atoms with Crippen LogP contribution in [0.2, 0.25) is 5.02 Å². The van der Waals surface area contributed by atoms with Crippen LogP contribution >= 0.6 is 11.6 Å². The molecule has 0 spiro atoms. The van der Waals surface area contributed by atoms with Gasteiger partial charge in [-0.25, -0.2) is 4.79 Å². The van der Waals surface area contributed by atoms with Crippen LogP contribution in [-0.2, 0) is 4.74 Å². The van der Waals surface area contributed by atoms with E-state index in [9.17, 15) is 9.59 Å². The molecule has 3 aromatic rings. The van der Waals surface area contributed by atoms with Crippen LogP contribution in [0.5, 0.6) is 0 Å². The first-order chi connectivity index (χ1) is 9.61. The monoisotopic (exact) mass is 288 g/mol. The zero-order valence-corrected chi connectivity index (χ0v) is 11.2. The third-order valence-electron chi connectivity index (χ3n) is 3.10. The summed E-state index contributed by atoms with van der Waals surface area (Å²) >= 11 is 6.00. The lowest BCUT2D eigenvalue weighted by Gasteiger charge is -2.07. The van der Waals surface area contributed by atoms with E-state index in [2.05, 4.69) is 9.97 Å². The molecule has 0 aliphatic carbocycles. The van der Waals surface area contributed by atoms with Gasteiger partial charge in [0.2, 0.25) is 0 Å². The van der Waals surface area contributed by atoms with E-state index in [0.717, 1.165) is 0 Å². The van der Waals surface area contributed by atoms with Crippen LogP contribution in [0.3, 0.4) is 0 Å². The van der Waals surface area contributed by atoms with Gasteiger partial charge in [-0.05, 0) is 18.2 Å². The maximum absolute atomic E-state index is 12.1. The standard InChI is InChI=1S/C14H9ClN2O3/c1-20-14(19)10-6-16-5-9-12(10)8-4-7(15)2-3-11(8)17-13(9)18/h2-6H,1H3,(H,17,18). The molecule has 0 amide bonds. The first kappa shape index (κ1) is 12.6. The highest BCUT2D eigenvalue weighted by Crippen LogP contribution is 2.26. The Morgan fingerprint density at radius 1 is 1.30 bits per heavy atom. The van der Waals surface area contributed by atoms with Crippen molar-refractivity contribution in [2.24, 2.45) is 0 Å². The minimum absolute atomic E-state index is 0.239. The molecule has 0 radical (unpaired) electrons. The van der Waals surface area contributed by atoms with E-state index in [1.54, 1.807) is 18.2 Å². The summed E-state index contributed by atoms with van der Waals surface area (Å²) in [6.07, 6.45) is 2.80. The minimum atomic E-state index is -0.546. The number of nitrogens with one attached hydrogen (secondary N) is 1. The van der Waals surface area contributed by atoms with Crippen molar-refractivity contribution in [3.63, 3.8) is 0 Å². The predicted molar refractivity (Wildman–Crippen MR) is 76.2 cm³/mol. The van der Waals surface area contributed by atoms with Crippen molar-refractivity contribution in [1.82, 2.24) is 9.97 Å². The zero-order valence-electron chi connectivity index (χ0n) is 10.4. The van der Waals surface area contributed by atoms with E-state index in [1.165, 1.54) is 19.5 Å². The number of ether oxygens (including phenoxy) is 1. The number of nitrogens with zero attached hydrogens (tertiary/aromatic N) is 1. The summed E-state index contributed by atoms with van der Waals surface area (Å²) in [6, 6.07) is 5.06. The fourth-order valence-electron chi connectivity index (χ4n) is 2.21.